The molecule has 0 saturated carbocycles. The van der Waals surface area contributed by atoms with Crippen LogP contribution in [-0.2, 0) is 11.2 Å². The van der Waals surface area contributed by atoms with Gasteiger partial charge < -0.3 is 14.8 Å². The summed E-state index contributed by atoms with van der Waals surface area (Å²) in [7, 11) is 1.73. The quantitative estimate of drug-likeness (QED) is 0.858. The Morgan fingerprint density at radius 2 is 2.30 bits per heavy atom. The molecule has 20 heavy (non-hydrogen) atoms. The normalized spacial score (nSPS) is 20.6. The lowest BCUT2D eigenvalue weighted by molar-refractivity contribution is -0.00717. The van der Waals surface area contributed by atoms with Crippen LogP contribution in [0.1, 0.15) is 31.7 Å². The number of halogens is 1. The number of ether oxygens (including phenoxy) is 2. The first-order valence-electron chi connectivity index (χ1n) is 7.42. The summed E-state index contributed by atoms with van der Waals surface area (Å²) >= 11 is 3.54. The second-order valence-corrected chi connectivity index (χ2v) is 6.15. The molecular formula is C16H24BrNO2. The summed E-state index contributed by atoms with van der Waals surface area (Å²) in [6.45, 7) is 4.00. The van der Waals surface area contributed by atoms with E-state index in [1.54, 1.807) is 7.11 Å². The average Bonchev–Trinajstić information content (AvgIpc) is 2.48. The summed E-state index contributed by atoms with van der Waals surface area (Å²) in [6.07, 6.45) is 4.85. The van der Waals surface area contributed by atoms with Crippen molar-refractivity contribution in [2.75, 3.05) is 20.3 Å². The van der Waals surface area contributed by atoms with Crippen LogP contribution in [0.25, 0.3) is 0 Å². The lowest BCUT2D eigenvalue weighted by atomic mass is 9.95. The molecule has 1 aromatic carbocycles. The van der Waals surface area contributed by atoms with E-state index in [1.165, 1.54) is 18.4 Å². The molecule has 2 unspecified atom stereocenters. The molecule has 1 aliphatic heterocycles. The Kier molecular flexibility index (Phi) is 6.33. The Labute approximate surface area is 130 Å². The van der Waals surface area contributed by atoms with Crippen molar-refractivity contribution in [2.24, 2.45) is 0 Å². The molecule has 2 atom stereocenters. The van der Waals surface area contributed by atoms with Gasteiger partial charge in [0.25, 0.3) is 0 Å². The third-order valence-electron chi connectivity index (χ3n) is 3.81. The summed E-state index contributed by atoms with van der Waals surface area (Å²) in [4.78, 5) is 0. The highest BCUT2D eigenvalue weighted by Crippen LogP contribution is 2.26. The topological polar surface area (TPSA) is 30.5 Å². The van der Waals surface area contributed by atoms with Crippen LogP contribution < -0.4 is 10.1 Å². The van der Waals surface area contributed by atoms with Crippen molar-refractivity contribution in [3.8, 4) is 5.75 Å². The zero-order valence-corrected chi connectivity index (χ0v) is 13.9. The Morgan fingerprint density at radius 1 is 1.45 bits per heavy atom. The molecule has 0 bridgehead atoms. The van der Waals surface area contributed by atoms with E-state index in [9.17, 15) is 0 Å². The number of rotatable bonds is 6. The fraction of sp³-hybridized carbons (Fsp3) is 0.625. The molecular weight excluding hydrogens is 318 g/mol. The van der Waals surface area contributed by atoms with E-state index in [2.05, 4.69) is 34.2 Å². The largest absolute Gasteiger partial charge is 0.496 e. The molecule has 1 aliphatic rings. The van der Waals surface area contributed by atoms with Crippen LogP contribution in [0.5, 0.6) is 5.75 Å². The summed E-state index contributed by atoms with van der Waals surface area (Å²) in [5.74, 6) is 0.951. The van der Waals surface area contributed by atoms with Gasteiger partial charge in [0, 0.05) is 17.1 Å². The van der Waals surface area contributed by atoms with E-state index >= 15 is 0 Å². The molecule has 0 radical (unpaired) electrons. The van der Waals surface area contributed by atoms with Crippen LogP contribution in [0.4, 0.5) is 0 Å². The summed E-state index contributed by atoms with van der Waals surface area (Å²) in [6, 6.07) is 6.53. The third-order valence-corrected chi connectivity index (χ3v) is 4.31. The number of likely N-dealkylation sites (N-methyl/N-ethyl adjacent to an activating group) is 1. The predicted molar refractivity (Wildman–Crippen MR) is 85.5 cm³/mol. The van der Waals surface area contributed by atoms with Crippen molar-refractivity contribution in [3.05, 3.63) is 28.2 Å². The lowest BCUT2D eigenvalue weighted by Gasteiger charge is -2.31. The minimum absolute atomic E-state index is 0.312. The molecule has 0 aromatic heterocycles. The van der Waals surface area contributed by atoms with Crippen LogP contribution in [0.15, 0.2) is 22.7 Å². The van der Waals surface area contributed by atoms with Crippen LogP contribution in [0, 0.1) is 0 Å². The smallest absolute Gasteiger partial charge is 0.122 e. The maximum absolute atomic E-state index is 5.95. The lowest BCUT2D eigenvalue weighted by Crippen LogP contribution is -2.44. The van der Waals surface area contributed by atoms with Gasteiger partial charge in [-0.05, 0) is 56.0 Å². The van der Waals surface area contributed by atoms with Gasteiger partial charge in [0.15, 0.2) is 0 Å². The molecule has 0 amide bonds. The Bertz CT molecular complexity index is 419. The van der Waals surface area contributed by atoms with Gasteiger partial charge in [-0.3, -0.25) is 0 Å². The van der Waals surface area contributed by atoms with Crippen molar-refractivity contribution in [1.29, 1.82) is 0 Å². The third kappa shape index (κ3) is 4.21. The van der Waals surface area contributed by atoms with Crippen LogP contribution in [0.2, 0.25) is 0 Å². The van der Waals surface area contributed by atoms with Crippen LogP contribution in [0.3, 0.4) is 0 Å². The highest BCUT2D eigenvalue weighted by Gasteiger charge is 2.25. The van der Waals surface area contributed by atoms with E-state index in [0.717, 1.165) is 36.2 Å². The van der Waals surface area contributed by atoms with Crippen molar-refractivity contribution >= 4 is 15.9 Å². The second kappa shape index (κ2) is 8.01. The standard InChI is InChI=1S/C16H24BrNO2/c1-3-18-14(16-6-4-5-9-20-16)11-12-10-13(17)7-8-15(12)19-2/h7-8,10,14,16,18H,3-6,9,11H2,1-2H3. The van der Waals surface area contributed by atoms with Crippen molar-refractivity contribution in [2.45, 2.75) is 44.8 Å². The molecule has 1 N–H and O–H groups in total. The Hall–Kier alpha value is -0.580. The fourth-order valence-electron chi connectivity index (χ4n) is 2.82. The van der Waals surface area contributed by atoms with Crippen molar-refractivity contribution in [1.82, 2.24) is 5.32 Å². The predicted octanol–water partition coefficient (Wildman–Crippen LogP) is 3.55. The second-order valence-electron chi connectivity index (χ2n) is 5.23. The SMILES string of the molecule is CCNC(Cc1cc(Br)ccc1OC)C1CCCCO1. The maximum atomic E-state index is 5.95. The minimum Gasteiger partial charge on any atom is -0.496 e. The zero-order valence-electron chi connectivity index (χ0n) is 12.3. The van der Waals surface area contributed by atoms with E-state index < -0.39 is 0 Å². The number of nitrogens with one attached hydrogen (secondary N) is 1. The van der Waals surface area contributed by atoms with E-state index in [0.29, 0.717) is 12.1 Å². The molecule has 4 heteroatoms. The van der Waals surface area contributed by atoms with Crippen LogP contribution >= 0.6 is 15.9 Å². The van der Waals surface area contributed by atoms with Gasteiger partial charge in [-0.15, -0.1) is 0 Å². The van der Waals surface area contributed by atoms with Gasteiger partial charge in [-0.2, -0.15) is 0 Å². The minimum atomic E-state index is 0.312. The molecule has 112 valence electrons. The van der Waals surface area contributed by atoms with Gasteiger partial charge in [0.1, 0.15) is 5.75 Å². The van der Waals surface area contributed by atoms with E-state index in [-0.39, 0.29) is 0 Å². The van der Waals surface area contributed by atoms with Gasteiger partial charge >= 0.3 is 0 Å². The molecule has 1 saturated heterocycles. The highest BCUT2D eigenvalue weighted by atomic mass is 79.9. The van der Waals surface area contributed by atoms with Gasteiger partial charge in [-0.1, -0.05) is 22.9 Å². The highest BCUT2D eigenvalue weighted by molar-refractivity contribution is 9.10. The van der Waals surface area contributed by atoms with Gasteiger partial charge in [-0.25, -0.2) is 0 Å². The molecule has 1 fully saturated rings. The average molecular weight is 342 g/mol. The Balaban J connectivity index is 2.12. The zero-order chi connectivity index (χ0) is 14.4. The molecule has 1 aromatic rings. The summed E-state index contributed by atoms with van der Waals surface area (Å²) in [5.41, 5.74) is 1.22. The van der Waals surface area contributed by atoms with Crippen molar-refractivity contribution < 1.29 is 9.47 Å². The summed E-state index contributed by atoms with van der Waals surface area (Å²) in [5, 5.41) is 3.58. The number of hydrogen-bond acceptors (Lipinski definition) is 3. The number of methoxy groups -OCH3 is 1. The monoisotopic (exact) mass is 341 g/mol. The number of hydrogen-bond donors (Lipinski definition) is 1. The molecule has 2 rings (SSSR count). The first kappa shape index (κ1) is 15.8. The molecule has 0 spiro atoms. The fourth-order valence-corrected chi connectivity index (χ4v) is 3.23. The van der Waals surface area contributed by atoms with Crippen molar-refractivity contribution in [3.63, 3.8) is 0 Å². The summed E-state index contributed by atoms with van der Waals surface area (Å²) < 4.78 is 12.5. The molecule has 1 heterocycles. The van der Waals surface area contributed by atoms with E-state index in [1.807, 2.05) is 12.1 Å². The Morgan fingerprint density at radius 3 is 2.95 bits per heavy atom. The molecule has 3 nitrogen and oxygen atoms in total. The first-order chi connectivity index (χ1) is 9.74. The number of benzene rings is 1. The first-order valence-corrected chi connectivity index (χ1v) is 8.21. The van der Waals surface area contributed by atoms with Crippen LogP contribution in [-0.4, -0.2) is 32.4 Å². The van der Waals surface area contributed by atoms with Gasteiger partial charge in [0.2, 0.25) is 0 Å². The maximum Gasteiger partial charge on any atom is 0.122 e. The van der Waals surface area contributed by atoms with E-state index in [4.69, 9.17) is 9.47 Å². The van der Waals surface area contributed by atoms with Gasteiger partial charge in [0.05, 0.1) is 13.2 Å². The molecule has 0 aliphatic carbocycles.